The van der Waals surface area contributed by atoms with E-state index in [9.17, 15) is 18.0 Å². The number of carbonyl (C=O) groups excluding carboxylic acids is 2. The molecule has 0 unspecified atom stereocenters. The maximum absolute atomic E-state index is 14.3. The summed E-state index contributed by atoms with van der Waals surface area (Å²) in [6.45, 7) is 6.37. The van der Waals surface area contributed by atoms with E-state index >= 15 is 0 Å². The Morgan fingerprint density at radius 3 is 1.63 bits per heavy atom. The van der Waals surface area contributed by atoms with E-state index in [2.05, 4.69) is 29.2 Å². The van der Waals surface area contributed by atoms with Gasteiger partial charge in [0, 0.05) is 50.4 Å². The van der Waals surface area contributed by atoms with Crippen LogP contribution in [-0.4, -0.2) is 73.4 Å². The Morgan fingerprint density at radius 1 is 0.683 bits per heavy atom. The van der Waals surface area contributed by atoms with Crippen molar-refractivity contribution in [3.05, 3.63) is 118 Å². The van der Waals surface area contributed by atoms with Gasteiger partial charge < -0.3 is 4.90 Å². The van der Waals surface area contributed by atoms with E-state index < -0.39 is 21.6 Å². The fourth-order valence-electron chi connectivity index (χ4n) is 5.96. The standard InChI is InChI=1S/C33H37N3O4S/c1-3-19-34(20-4-2)30-31(37)27-17-11-12-18-28(27)32(38)33(30)41(39,40)36-23-21-35(22-24-36)29(25-13-7-5-8-14-25)26-15-9-6-10-16-26/h5-18,29H,3-4,19-24H2,1-2H3. The van der Waals surface area contributed by atoms with Crippen molar-refractivity contribution < 1.29 is 18.0 Å². The van der Waals surface area contributed by atoms with Crippen molar-refractivity contribution in [1.29, 1.82) is 0 Å². The number of piperazine rings is 1. The lowest BCUT2D eigenvalue weighted by Crippen LogP contribution is -2.51. The number of sulfonamides is 1. The zero-order chi connectivity index (χ0) is 29.0. The molecule has 0 saturated carbocycles. The summed E-state index contributed by atoms with van der Waals surface area (Å²) in [6.07, 6.45) is 1.44. The monoisotopic (exact) mass is 571 g/mol. The molecule has 0 spiro atoms. The second kappa shape index (κ2) is 12.5. The van der Waals surface area contributed by atoms with Gasteiger partial charge in [-0.2, -0.15) is 4.31 Å². The van der Waals surface area contributed by atoms with Gasteiger partial charge in [0.2, 0.25) is 21.6 Å². The van der Waals surface area contributed by atoms with Gasteiger partial charge in [-0.1, -0.05) is 98.8 Å². The number of allylic oxidation sites excluding steroid dienone is 2. The van der Waals surface area contributed by atoms with Crippen LogP contribution >= 0.6 is 0 Å². The Kier molecular flexibility index (Phi) is 8.82. The van der Waals surface area contributed by atoms with Crippen LogP contribution in [-0.2, 0) is 10.0 Å². The molecule has 3 aromatic carbocycles. The summed E-state index contributed by atoms with van der Waals surface area (Å²) in [5.74, 6) is -0.992. The Hall–Kier alpha value is -3.59. The van der Waals surface area contributed by atoms with Crippen LogP contribution in [0.25, 0.3) is 0 Å². The first-order chi connectivity index (χ1) is 19.9. The number of nitrogens with zero attached hydrogens (tertiary/aromatic N) is 3. The second-order valence-corrected chi connectivity index (χ2v) is 12.4. The fraction of sp³-hybridized carbons (Fsp3) is 0.333. The number of carbonyl (C=O) groups is 2. The maximum Gasteiger partial charge on any atom is 0.249 e. The van der Waals surface area contributed by atoms with Gasteiger partial charge in [0.25, 0.3) is 0 Å². The van der Waals surface area contributed by atoms with Gasteiger partial charge in [0.1, 0.15) is 5.70 Å². The molecule has 5 rings (SSSR count). The van der Waals surface area contributed by atoms with Crippen molar-refractivity contribution >= 4 is 21.6 Å². The highest BCUT2D eigenvalue weighted by molar-refractivity contribution is 7.94. The minimum absolute atomic E-state index is 0.0197. The van der Waals surface area contributed by atoms with Crippen molar-refractivity contribution in [2.75, 3.05) is 39.3 Å². The van der Waals surface area contributed by atoms with E-state index in [-0.39, 0.29) is 40.9 Å². The zero-order valence-electron chi connectivity index (χ0n) is 23.7. The minimum atomic E-state index is -4.24. The van der Waals surface area contributed by atoms with E-state index in [1.165, 1.54) is 4.31 Å². The third-order valence-corrected chi connectivity index (χ3v) is 9.76. The summed E-state index contributed by atoms with van der Waals surface area (Å²) in [6, 6.07) is 26.9. The lowest BCUT2D eigenvalue weighted by Gasteiger charge is -2.40. The van der Waals surface area contributed by atoms with E-state index in [1.807, 2.05) is 50.2 Å². The molecule has 1 heterocycles. The Balaban J connectivity index is 1.49. The lowest BCUT2D eigenvalue weighted by molar-refractivity contribution is 0.0944. The fourth-order valence-corrected chi connectivity index (χ4v) is 7.67. The summed E-state index contributed by atoms with van der Waals surface area (Å²) in [7, 11) is -4.24. The number of Topliss-reactive ketones (excluding diaryl/α,β-unsaturated/α-hetero) is 2. The molecule has 0 amide bonds. The molecule has 2 aliphatic rings. The maximum atomic E-state index is 14.3. The summed E-state index contributed by atoms with van der Waals surface area (Å²) in [4.78, 5) is 31.4. The average Bonchev–Trinajstić information content (AvgIpc) is 3.00. The van der Waals surface area contributed by atoms with Crippen LogP contribution in [0.2, 0.25) is 0 Å². The predicted octanol–water partition coefficient (Wildman–Crippen LogP) is 5.14. The molecule has 1 aliphatic heterocycles. The smallest absolute Gasteiger partial charge is 0.249 e. The summed E-state index contributed by atoms with van der Waals surface area (Å²) in [5, 5.41) is 0. The number of ketones is 2. The molecule has 0 N–H and O–H groups in total. The normalized spacial score (nSPS) is 16.8. The van der Waals surface area contributed by atoms with Crippen LogP contribution in [0.5, 0.6) is 0 Å². The minimum Gasteiger partial charge on any atom is -0.367 e. The first-order valence-electron chi connectivity index (χ1n) is 14.4. The van der Waals surface area contributed by atoms with E-state index in [1.54, 1.807) is 29.2 Å². The quantitative estimate of drug-likeness (QED) is 0.336. The first-order valence-corrected chi connectivity index (χ1v) is 15.8. The molecule has 0 bridgehead atoms. The number of hydrogen-bond donors (Lipinski definition) is 0. The molecule has 1 aliphatic carbocycles. The average molecular weight is 572 g/mol. The predicted molar refractivity (Wildman–Crippen MR) is 161 cm³/mol. The van der Waals surface area contributed by atoms with Gasteiger partial charge in [-0.15, -0.1) is 0 Å². The molecule has 1 saturated heterocycles. The van der Waals surface area contributed by atoms with Crippen LogP contribution in [0.4, 0.5) is 0 Å². The SMILES string of the molecule is CCCN(CCC)C1=C(S(=O)(=O)N2CCN(C(c3ccccc3)c3ccccc3)CC2)C(=O)c2ccccc2C1=O. The van der Waals surface area contributed by atoms with Gasteiger partial charge >= 0.3 is 0 Å². The van der Waals surface area contributed by atoms with E-state index in [4.69, 9.17) is 0 Å². The molecule has 8 heteroatoms. The van der Waals surface area contributed by atoms with Crippen molar-refractivity contribution in [3.63, 3.8) is 0 Å². The van der Waals surface area contributed by atoms with Crippen LogP contribution < -0.4 is 0 Å². The van der Waals surface area contributed by atoms with Crippen molar-refractivity contribution in [2.45, 2.75) is 32.7 Å². The summed E-state index contributed by atoms with van der Waals surface area (Å²) in [5.41, 5.74) is 2.71. The van der Waals surface area contributed by atoms with Crippen molar-refractivity contribution in [3.8, 4) is 0 Å². The van der Waals surface area contributed by atoms with Crippen LogP contribution in [0.15, 0.2) is 95.5 Å². The third-order valence-electron chi connectivity index (χ3n) is 7.82. The summed E-state index contributed by atoms with van der Waals surface area (Å²) < 4.78 is 30.0. The van der Waals surface area contributed by atoms with Crippen LogP contribution in [0.3, 0.4) is 0 Å². The second-order valence-electron chi connectivity index (χ2n) is 10.5. The topological polar surface area (TPSA) is 78.0 Å². The molecule has 0 radical (unpaired) electrons. The van der Waals surface area contributed by atoms with Crippen molar-refractivity contribution in [2.24, 2.45) is 0 Å². The Morgan fingerprint density at radius 2 is 1.15 bits per heavy atom. The lowest BCUT2D eigenvalue weighted by atomic mass is 9.91. The molecule has 0 aromatic heterocycles. The van der Waals surface area contributed by atoms with Crippen LogP contribution in [0.1, 0.15) is 64.6 Å². The number of rotatable bonds is 10. The largest absolute Gasteiger partial charge is 0.367 e. The highest BCUT2D eigenvalue weighted by Crippen LogP contribution is 2.35. The third kappa shape index (κ3) is 5.64. The number of fused-ring (bicyclic) bond motifs is 1. The first kappa shape index (κ1) is 28.9. The Labute approximate surface area is 243 Å². The van der Waals surface area contributed by atoms with Gasteiger partial charge in [-0.25, -0.2) is 8.42 Å². The highest BCUT2D eigenvalue weighted by Gasteiger charge is 2.44. The number of hydrogen-bond acceptors (Lipinski definition) is 6. The van der Waals surface area contributed by atoms with Gasteiger partial charge in [-0.3, -0.25) is 14.5 Å². The van der Waals surface area contributed by atoms with Gasteiger partial charge in [0.15, 0.2) is 4.91 Å². The zero-order valence-corrected chi connectivity index (χ0v) is 24.5. The molecule has 7 nitrogen and oxygen atoms in total. The molecular weight excluding hydrogens is 534 g/mol. The van der Waals surface area contributed by atoms with Crippen molar-refractivity contribution in [1.82, 2.24) is 14.1 Å². The highest BCUT2D eigenvalue weighted by atomic mass is 32.2. The number of benzene rings is 3. The Bertz CT molecular complexity index is 1480. The van der Waals surface area contributed by atoms with E-state index in [0.29, 0.717) is 26.2 Å². The van der Waals surface area contributed by atoms with E-state index in [0.717, 1.165) is 24.0 Å². The van der Waals surface area contributed by atoms with Gasteiger partial charge in [0.05, 0.1) is 6.04 Å². The van der Waals surface area contributed by atoms with Crippen LogP contribution in [0, 0.1) is 0 Å². The van der Waals surface area contributed by atoms with Gasteiger partial charge in [-0.05, 0) is 24.0 Å². The molecular formula is C33H37N3O4S. The molecule has 214 valence electrons. The molecule has 41 heavy (non-hydrogen) atoms. The summed E-state index contributed by atoms with van der Waals surface area (Å²) >= 11 is 0. The molecule has 3 aromatic rings. The molecule has 1 fully saturated rings. The molecule has 0 atom stereocenters.